The Labute approximate surface area is 186 Å². The van der Waals surface area contributed by atoms with Crippen molar-refractivity contribution < 1.29 is 19.1 Å². The molecule has 0 aromatic carbocycles. The molecule has 5 heteroatoms. The molecular formula is C25H49NO4. The van der Waals surface area contributed by atoms with Gasteiger partial charge in [0.1, 0.15) is 6.04 Å². The first-order chi connectivity index (χ1) is 14.4. The highest BCUT2D eigenvalue weighted by Crippen LogP contribution is 2.15. The minimum atomic E-state index is -0.577. The van der Waals surface area contributed by atoms with Gasteiger partial charge in [-0.05, 0) is 25.2 Å². The SMILES string of the molecule is CCCCCCCCCOC(=O)[C@H](CC(C)C)N(C)C(=O)OCCCCCCCC. The number of rotatable bonds is 19. The number of hydrogen-bond donors (Lipinski definition) is 0. The predicted molar refractivity (Wildman–Crippen MR) is 125 cm³/mol. The van der Waals surface area contributed by atoms with Crippen molar-refractivity contribution in [3.63, 3.8) is 0 Å². The van der Waals surface area contributed by atoms with Crippen molar-refractivity contribution in [2.24, 2.45) is 5.92 Å². The second-order valence-corrected chi connectivity index (χ2v) is 8.93. The normalized spacial score (nSPS) is 12.1. The number of carbonyl (C=O) groups is 2. The molecule has 1 amide bonds. The van der Waals surface area contributed by atoms with Gasteiger partial charge in [0.15, 0.2) is 0 Å². The van der Waals surface area contributed by atoms with E-state index in [4.69, 9.17) is 9.47 Å². The fourth-order valence-corrected chi connectivity index (χ4v) is 3.46. The highest BCUT2D eigenvalue weighted by molar-refractivity contribution is 5.81. The van der Waals surface area contributed by atoms with Gasteiger partial charge in [0.2, 0.25) is 0 Å². The Morgan fingerprint density at radius 3 is 1.60 bits per heavy atom. The van der Waals surface area contributed by atoms with E-state index in [1.807, 2.05) is 13.8 Å². The van der Waals surface area contributed by atoms with E-state index < -0.39 is 12.1 Å². The lowest BCUT2D eigenvalue weighted by Crippen LogP contribution is -2.44. The van der Waals surface area contributed by atoms with Gasteiger partial charge in [0.25, 0.3) is 0 Å². The Balaban J connectivity index is 4.22. The minimum absolute atomic E-state index is 0.287. The molecule has 0 saturated carbocycles. The van der Waals surface area contributed by atoms with Crippen LogP contribution >= 0.6 is 0 Å². The average molecular weight is 428 g/mol. The zero-order valence-electron chi connectivity index (χ0n) is 20.5. The molecular weight excluding hydrogens is 378 g/mol. The number of unbranched alkanes of at least 4 members (excludes halogenated alkanes) is 11. The standard InChI is InChI=1S/C25H49NO4/c1-6-8-10-12-14-16-17-19-29-24(27)23(21-22(3)4)26(5)25(28)30-20-18-15-13-11-9-7-2/h22-23H,6-21H2,1-5H3/t23-/m0/s1. The van der Waals surface area contributed by atoms with Crippen LogP contribution in [0.2, 0.25) is 0 Å². The quantitative estimate of drug-likeness (QED) is 0.163. The van der Waals surface area contributed by atoms with Crippen molar-refractivity contribution in [3.8, 4) is 0 Å². The zero-order chi connectivity index (χ0) is 22.6. The van der Waals surface area contributed by atoms with Crippen LogP contribution in [0.15, 0.2) is 0 Å². The molecule has 30 heavy (non-hydrogen) atoms. The maximum absolute atomic E-state index is 12.6. The summed E-state index contributed by atoms with van der Waals surface area (Å²) in [6.07, 6.45) is 15.3. The Kier molecular flexibility index (Phi) is 18.9. The van der Waals surface area contributed by atoms with E-state index in [0.717, 1.165) is 25.7 Å². The maximum Gasteiger partial charge on any atom is 0.410 e. The molecule has 0 aliphatic rings. The van der Waals surface area contributed by atoms with Gasteiger partial charge < -0.3 is 9.47 Å². The lowest BCUT2D eigenvalue weighted by molar-refractivity contribution is -0.149. The molecule has 0 saturated heterocycles. The zero-order valence-corrected chi connectivity index (χ0v) is 20.5. The Hall–Kier alpha value is -1.26. The first-order valence-electron chi connectivity index (χ1n) is 12.5. The lowest BCUT2D eigenvalue weighted by atomic mass is 10.0. The summed E-state index contributed by atoms with van der Waals surface area (Å²) in [6.45, 7) is 9.36. The van der Waals surface area contributed by atoms with Gasteiger partial charge in [0.05, 0.1) is 13.2 Å². The van der Waals surface area contributed by atoms with Crippen LogP contribution in [0.3, 0.4) is 0 Å². The van der Waals surface area contributed by atoms with Gasteiger partial charge >= 0.3 is 12.1 Å². The molecule has 0 rings (SSSR count). The molecule has 0 fully saturated rings. The highest BCUT2D eigenvalue weighted by atomic mass is 16.6. The molecule has 0 aromatic rings. The highest BCUT2D eigenvalue weighted by Gasteiger charge is 2.29. The van der Waals surface area contributed by atoms with Crippen LogP contribution in [0.1, 0.15) is 118 Å². The van der Waals surface area contributed by atoms with E-state index in [9.17, 15) is 9.59 Å². The maximum atomic E-state index is 12.6. The summed E-state index contributed by atoms with van der Waals surface area (Å²) in [5, 5.41) is 0. The van der Waals surface area contributed by atoms with E-state index in [2.05, 4.69) is 13.8 Å². The third-order valence-electron chi connectivity index (χ3n) is 5.44. The van der Waals surface area contributed by atoms with Crippen molar-refractivity contribution in [1.29, 1.82) is 0 Å². The average Bonchev–Trinajstić information content (AvgIpc) is 2.72. The lowest BCUT2D eigenvalue weighted by Gasteiger charge is -2.27. The number of likely N-dealkylation sites (N-methyl/N-ethyl adjacent to an activating group) is 1. The van der Waals surface area contributed by atoms with Crippen LogP contribution in [0.4, 0.5) is 4.79 Å². The van der Waals surface area contributed by atoms with Crippen LogP contribution in [-0.2, 0) is 14.3 Å². The number of esters is 1. The second-order valence-electron chi connectivity index (χ2n) is 8.93. The fraction of sp³-hybridized carbons (Fsp3) is 0.920. The molecule has 5 nitrogen and oxygen atoms in total. The van der Waals surface area contributed by atoms with Gasteiger partial charge in [-0.3, -0.25) is 4.90 Å². The number of hydrogen-bond acceptors (Lipinski definition) is 4. The van der Waals surface area contributed by atoms with Crippen LogP contribution < -0.4 is 0 Å². The van der Waals surface area contributed by atoms with Crippen LogP contribution in [0.25, 0.3) is 0 Å². The van der Waals surface area contributed by atoms with Gasteiger partial charge in [-0.25, -0.2) is 9.59 Å². The van der Waals surface area contributed by atoms with Gasteiger partial charge in [-0.1, -0.05) is 98.3 Å². The molecule has 0 spiro atoms. The van der Waals surface area contributed by atoms with E-state index in [-0.39, 0.29) is 11.9 Å². The smallest absolute Gasteiger partial charge is 0.410 e. The topological polar surface area (TPSA) is 55.8 Å². The molecule has 0 bridgehead atoms. The number of carbonyl (C=O) groups excluding carboxylic acids is 2. The second kappa shape index (κ2) is 19.7. The van der Waals surface area contributed by atoms with Crippen molar-refractivity contribution in [1.82, 2.24) is 4.90 Å². The minimum Gasteiger partial charge on any atom is -0.464 e. The fourth-order valence-electron chi connectivity index (χ4n) is 3.46. The van der Waals surface area contributed by atoms with E-state index in [0.29, 0.717) is 19.6 Å². The van der Waals surface area contributed by atoms with Gasteiger partial charge in [0, 0.05) is 7.05 Å². The summed E-state index contributed by atoms with van der Waals surface area (Å²) >= 11 is 0. The molecule has 0 heterocycles. The first kappa shape index (κ1) is 28.7. The summed E-state index contributed by atoms with van der Waals surface area (Å²) in [5.74, 6) is -0.0244. The van der Waals surface area contributed by atoms with Crippen molar-refractivity contribution in [2.75, 3.05) is 20.3 Å². The number of nitrogens with zero attached hydrogens (tertiary/aromatic N) is 1. The largest absolute Gasteiger partial charge is 0.464 e. The van der Waals surface area contributed by atoms with Gasteiger partial charge in [-0.2, -0.15) is 0 Å². The van der Waals surface area contributed by atoms with Crippen molar-refractivity contribution in [2.45, 2.75) is 124 Å². The summed E-state index contributed by atoms with van der Waals surface area (Å²) in [7, 11) is 1.64. The molecule has 0 unspecified atom stereocenters. The molecule has 0 aromatic heterocycles. The Morgan fingerprint density at radius 2 is 1.13 bits per heavy atom. The summed E-state index contributed by atoms with van der Waals surface area (Å²) in [4.78, 5) is 26.4. The van der Waals surface area contributed by atoms with E-state index in [1.54, 1.807) is 7.05 Å². The molecule has 0 aliphatic carbocycles. The molecule has 0 N–H and O–H groups in total. The molecule has 0 aliphatic heterocycles. The summed E-state index contributed by atoms with van der Waals surface area (Å²) in [6, 6.07) is -0.577. The molecule has 0 radical (unpaired) electrons. The summed E-state index contributed by atoms with van der Waals surface area (Å²) < 4.78 is 10.9. The first-order valence-corrected chi connectivity index (χ1v) is 12.5. The Morgan fingerprint density at radius 1 is 0.700 bits per heavy atom. The predicted octanol–water partition coefficient (Wildman–Crippen LogP) is 7.12. The van der Waals surface area contributed by atoms with Crippen LogP contribution in [0, 0.1) is 5.92 Å². The van der Waals surface area contributed by atoms with Gasteiger partial charge in [-0.15, -0.1) is 0 Å². The Bertz CT molecular complexity index is 425. The third-order valence-corrected chi connectivity index (χ3v) is 5.44. The van der Waals surface area contributed by atoms with E-state index >= 15 is 0 Å². The van der Waals surface area contributed by atoms with Crippen LogP contribution in [0.5, 0.6) is 0 Å². The van der Waals surface area contributed by atoms with Crippen molar-refractivity contribution in [3.05, 3.63) is 0 Å². The molecule has 1 atom stereocenters. The van der Waals surface area contributed by atoms with Crippen LogP contribution in [-0.4, -0.2) is 43.3 Å². The summed E-state index contributed by atoms with van der Waals surface area (Å²) in [5.41, 5.74) is 0. The number of ether oxygens (including phenoxy) is 2. The third kappa shape index (κ3) is 15.6. The van der Waals surface area contributed by atoms with E-state index in [1.165, 1.54) is 62.7 Å². The number of amides is 1. The van der Waals surface area contributed by atoms with Crippen molar-refractivity contribution >= 4 is 12.1 Å². The monoisotopic (exact) mass is 427 g/mol. The molecule has 178 valence electrons.